The number of nitrogens with one attached hydrogen (secondary N) is 2. The number of halogens is 4. The van der Waals surface area contributed by atoms with Crippen molar-refractivity contribution >= 4 is 45.7 Å². The van der Waals surface area contributed by atoms with Crippen molar-refractivity contribution in [3.05, 3.63) is 119 Å². The molecule has 0 saturated carbocycles. The smallest absolute Gasteiger partial charge is 0.264 e. The van der Waals surface area contributed by atoms with Gasteiger partial charge in [-0.05, 0) is 108 Å². The lowest BCUT2D eigenvalue weighted by Gasteiger charge is -2.37. The molecule has 14 heteroatoms. The molecule has 0 spiro atoms. The van der Waals surface area contributed by atoms with Gasteiger partial charge in [-0.2, -0.15) is 10.2 Å². The van der Waals surface area contributed by atoms with Crippen LogP contribution in [0.3, 0.4) is 0 Å². The van der Waals surface area contributed by atoms with Gasteiger partial charge in [0.2, 0.25) is 0 Å². The van der Waals surface area contributed by atoms with E-state index in [4.69, 9.17) is 0 Å². The number of rotatable bonds is 6. The molecule has 66 heavy (non-hydrogen) atoms. The number of hydrogen-bond acceptors (Lipinski definition) is 8. The summed E-state index contributed by atoms with van der Waals surface area (Å²) in [5.41, 5.74) is 11.9. The van der Waals surface area contributed by atoms with E-state index in [2.05, 4.69) is 44.5 Å². The first-order valence-corrected chi connectivity index (χ1v) is 22.8. The first kappa shape index (κ1) is 44.7. The zero-order valence-corrected chi connectivity index (χ0v) is 38.2. The molecule has 0 fully saturated rings. The molecule has 6 aromatic rings. The van der Waals surface area contributed by atoms with Crippen LogP contribution in [-0.2, 0) is 49.4 Å². The van der Waals surface area contributed by atoms with Crippen LogP contribution in [0, 0.1) is 11.8 Å². The first-order valence-electron chi connectivity index (χ1n) is 22.8. The minimum atomic E-state index is -2.60. The number of carbonyl (C=O) groups is 2. The molecule has 4 atom stereocenters. The van der Waals surface area contributed by atoms with Gasteiger partial charge in [0.1, 0.15) is 11.6 Å². The summed E-state index contributed by atoms with van der Waals surface area (Å²) in [6.45, 7) is 9.83. The van der Waals surface area contributed by atoms with Gasteiger partial charge in [0.05, 0.1) is 35.1 Å². The van der Waals surface area contributed by atoms with Crippen LogP contribution in [-0.4, -0.2) is 56.3 Å². The molecule has 6 heterocycles. The maximum Gasteiger partial charge on any atom is 0.264 e. The molecule has 2 N–H and O–H groups in total. The fourth-order valence-corrected chi connectivity index (χ4v) is 10.4. The summed E-state index contributed by atoms with van der Waals surface area (Å²) < 4.78 is 60.2. The van der Waals surface area contributed by atoms with Crippen molar-refractivity contribution in [2.24, 2.45) is 25.9 Å². The fraction of sp³-hybridized carbons (Fsp3) is 0.385. The van der Waals surface area contributed by atoms with Crippen LogP contribution in [0.25, 0.3) is 22.3 Å². The molecule has 0 saturated heterocycles. The standard InChI is InChI=1S/2C26H28F2N4O/c2*1-15-7-18-10-21(19-12-29-31(3)14-19)22(26(27)28)11-24(18)32(13-15)23-6-4-5-17-9-20(33)8-16(2)30-25(17)23/h2*4-6,10-12,14-16,26,30H,7-9,13H2,1-3H3/t15-,16+;15-,16-/m01/s1. The predicted octanol–water partition coefficient (Wildman–Crippen LogP) is 11.3. The van der Waals surface area contributed by atoms with E-state index in [-0.39, 0.29) is 34.8 Å². The van der Waals surface area contributed by atoms with Gasteiger partial charge in [0.25, 0.3) is 12.9 Å². The molecule has 4 aliphatic rings. The molecule has 10 nitrogen and oxygen atoms in total. The predicted molar refractivity (Wildman–Crippen MR) is 253 cm³/mol. The molecule has 0 radical (unpaired) electrons. The normalized spacial score (nSPS) is 20.3. The van der Waals surface area contributed by atoms with Crippen LogP contribution in [0.15, 0.2) is 85.5 Å². The lowest BCUT2D eigenvalue weighted by atomic mass is 9.88. The van der Waals surface area contributed by atoms with Crippen LogP contribution < -0.4 is 20.4 Å². The molecular weight excluding hydrogens is 845 g/mol. The largest absolute Gasteiger partial charge is 0.380 e. The SMILES string of the molecule is C[C@@H]1Cc2cc(-c3cnn(C)c3)c(C(F)F)cc2N(c2cccc3c2N[C@H](C)CC(=O)C3)C1.C[C@H]1Cc2cc(-c3cnn(C)c3)c(C(F)F)cc2N(c2cccc3c2N[C@H](C)CC(=O)C3)C1. The molecule has 0 amide bonds. The number of aromatic nitrogens is 4. The Morgan fingerprint density at radius 1 is 0.561 bits per heavy atom. The van der Waals surface area contributed by atoms with Crippen molar-refractivity contribution in [2.45, 2.75) is 91.2 Å². The van der Waals surface area contributed by atoms with Crippen LogP contribution >= 0.6 is 0 Å². The van der Waals surface area contributed by atoms with Crippen molar-refractivity contribution in [1.82, 2.24) is 19.6 Å². The number of anilines is 6. The average Bonchev–Trinajstić information content (AvgIpc) is 3.82. The maximum atomic E-state index is 14.2. The Hall–Kier alpha value is -6.44. The van der Waals surface area contributed by atoms with E-state index < -0.39 is 12.9 Å². The number of benzene rings is 4. The van der Waals surface area contributed by atoms with E-state index in [1.165, 1.54) is 0 Å². The molecular formula is C52H56F4N8O2. The van der Waals surface area contributed by atoms with Crippen molar-refractivity contribution in [3.63, 3.8) is 0 Å². The van der Waals surface area contributed by atoms with Crippen LogP contribution in [0.4, 0.5) is 51.7 Å². The number of carbonyl (C=O) groups excluding carboxylic acids is 2. The van der Waals surface area contributed by atoms with Crippen molar-refractivity contribution in [2.75, 3.05) is 33.5 Å². The lowest BCUT2D eigenvalue weighted by Crippen LogP contribution is -2.31. The topological polar surface area (TPSA) is 100 Å². The van der Waals surface area contributed by atoms with Crippen LogP contribution in [0.2, 0.25) is 0 Å². The number of fused-ring (bicyclic) bond motifs is 4. The van der Waals surface area contributed by atoms with Gasteiger partial charge in [0.15, 0.2) is 0 Å². The van der Waals surface area contributed by atoms with Crippen molar-refractivity contribution in [3.8, 4) is 22.3 Å². The summed E-state index contributed by atoms with van der Waals surface area (Å²) in [6.07, 6.45) is 4.99. The van der Waals surface area contributed by atoms with Gasteiger partial charge in [-0.3, -0.25) is 19.0 Å². The number of para-hydroxylation sites is 2. The Kier molecular flexibility index (Phi) is 12.3. The van der Waals surface area contributed by atoms with Gasteiger partial charge in [0, 0.05) is 111 Å². The molecule has 344 valence electrons. The Bertz CT molecular complexity index is 2630. The van der Waals surface area contributed by atoms with Crippen LogP contribution in [0.5, 0.6) is 0 Å². The number of nitrogens with zero attached hydrogens (tertiary/aromatic N) is 6. The summed E-state index contributed by atoms with van der Waals surface area (Å²) in [7, 11) is 3.57. The zero-order valence-electron chi connectivity index (χ0n) is 38.2. The summed E-state index contributed by atoms with van der Waals surface area (Å²) >= 11 is 0. The van der Waals surface area contributed by atoms with E-state index in [0.717, 1.165) is 82.3 Å². The Morgan fingerprint density at radius 3 is 1.33 bits per heavy atom. The quantitative estimate of drug-likeness (QED) is 0.159. The average molecular weight is 901 g/mol. The summed E-state index contributed by atoms with van der Waals surface area (Å²) in [6, 6.07) is 19.1. The minimum Gasteiger partial charge on any atom is -0.380 e. The highest BCUT2D eigenvalue weighted by molar-refractivity contribution is 5.91. The van der Waals surface area contributed by atoms with Gasteiger partial charge < -0.3 is 20.4 Å². The molecule has 4 aromatic carbocycles. The van der Waals surface area contributed by atoms with E-state index in [9.17, 15) is 27.2 Å². The van der Waals surface area contributed by atoms with Gasteiger partial charge in [-0.1, -0.05) is 38.1 Å². The first-order chi connectivity index (χ1) is 31.6. The van der Waals surface area contributed by atoms with Gasteiger partial charge >= 0.3 is 0 Å². The highest BCUT2D eigenvalue weighted by Crippen LogP contribution is 2.47. The summed E-state index contributed by atoms with van der Waals surface area (Å²) in [5.74, 6) is 1.11. The minimum absolute atomic E-state index is 0.0137. The third-order valence-electron chi connectivity index (χ3n) is 13.2. The summed E-state index contributed by atoms with van der Waals surface area (Å²) in [5, 5.41) is 15.4. The summed E-state index contributed by atoms with van der Waals surface area (Å²) in [4.78, 5) is 29.0. The Morgan fingerprint density at radius 2 is 0.970 bits per heavy atom. The highest BCUT2D eigenvalue weighted by atomic mass is 19.3. The number of alkyl halides is 4. The molecule has 0 unspecified atom stereocenters. The van der Waals surface area contributed by atoms with E-state index in [1.54, 1.807) is 60.4 Å². The zero-order chi connectivity index (χ0) is 46.6. The number of ketones is 2. The van der Waals surface area contributed by atoms with E-state index in [1.807, 2.05) is 62.4 Å². The monoisotopic (exact) mass is 900 g/mol. The second-order valence-corrected chi connectivity index (χ2v) is 18.9. The second kappa shape index (κ2) is 18.1. The third kappa shape index (κ3) is 8.93. The molecule has 0 aliphatic carbocycles. The van der Waals surface area contributed by atoms with E-state index >= 15 is 0 Å². The third-order valence-corrected chi connectivity index (χ3v) is 13.2. The van der Waals surface area contributed by atoms with Gasteiger partial charge in [-0.15, -0.1) is 0 Å². The lowest BCUT2D eigenvalue weighted by molar-refractivity contribution is -0.119. The maximum absolute atomic E-state index is 14.2. The number of aryl methyl sites for hydroxylation is 2. The fourth-order valence-electron chi connectivity index (χ4n) is 10.4. The number of hydrogen-bond donors (Lipinski definition) is 2. The van der Waals surface area contributed by atoms with E-state index in [0.29, 0.717) is 59.8 Å². The molecule has 4 aliphatic heterocycles. The molecule has 10 rings (SSSR count). The van der Waals surface area contributed by atoms with Crippen molar-refractivity contribution in [1.29, 1.82) is 0 Å². The molecule has 2 aromatic heterocycles. The van der Waals surface area contributed by atoms with Crippen LogP contribution in [0.1, 0.15) is 86.8 Å². The highest BCUT2D eigenvalue weighted by Gasteiger charge is 2.33. The second-order valence-electron chi connectivity index (χ2n) is 18.9. The Labute approximate surface area is 383 Å². The van der Waals surface area contributed by atoms with Crippen molar-refractivity contribution < 1.29 is 27.2 Å². The number of Topliss-reactive ketones (excluding diaryl/α,β-unsaturated/α-hetero) is 2. The molecule has 0 bridgehead atoms. The Balaban J connectivity index is 0.000000166. The van der Waals surface area contributed by atoms with Gasteiger partial charge in [-0.25, -0.2) is 17.6 Å².